The van der Waals surface area contributed by atoms with Crippen molar-refractivity contribution in [2.24, 2.45) is 0 Å². The fourth-order valence-electron chi connectivity index (χ4n) is 1.80. The van der Waals surface area contributed by atoms with Gasteiger partial charge in [-0.15, -0.1) is 0 Å². The molecule has 1 saturated heterocycles. The zero-order chi connectivity index (χ0) is 12.1. The highest BCUT2D eigenvalue weighted by molar-refractivity contribution is 5.75. The Morgan fingerprint density at radius 3 is 2.25 bits per heavy atom. The molecule has 16 heavy (non-hydrogen) atoms. The first-order valence-corrected chi connectivity index (χ1v) is 5.81. The number of amides is 3. The van der Waals surface area contributed by atoms with Gasteiger partial charge in [0.2, 0.25) is 5.91 Å². The van der Waals surface area contributed by atoms with Crippen molar-refractivity contribution in [2.45, 2.75) is 20.3 Å². The highest BCUT2D eigenvalue weighted by Crippen LogP contribution is 2.05. The van der Waals surface area contributed by atoms with Gasteiger partial charge in [-0.25, -0.2) is 4.79 Å². The van der Waals surface area contributed by atoms with Gasteiger partial charge in [-0.1, -0.05) is 0 Å². The molecule has 0 unspecified atom stereocenters. The Bertz CT molecular complexity index is 268. The van der Waals surface area contributed by atoms with Crippen molar-refractivity contribution in [1.82, 2.24) is 14.7 Å². The highest BCUT2D eigenvalue weighted by Gasteiger charge is 2.21. The molecular weight excluding hydrogens is 206 g/mol. The first kappa shape index (κ1) is 12.8. The fraction of sp³-hybridized carbons (Fsp3) is 0.818. The molecule has 0 N–H and O–H groups in total. The second-order valence-electron chi connectivity index (χ2n) is 4.14. The van der Waals surface area contributed by atoms with E-state index in [9.17, 15) is 9.59 Å². The van der Waals surface area contributed by atoms with Crippen LogP contribution in [0.15, 0.2) is 0 Å². The van der Waals surface area contributed by atoms with E-state index in [1.807, 2.05) is 11.8 Å². The maximum absolute atomic E-state index is 11.9. The summed E-state index contributed by atoms with van der Waals surface area (Å²) in [7, 11) is 1.80. The summed E-state index contributed by atoms with van der Waals surface area (Å²) >= 11 is 0. The van der Waals surface area contributed by atoms with Crippen LogP contribution in [-0.2, 0) is 4.79 Å². The molecule has 0 aromatic rings. The quantitative estimate of drug-likeness (QED) is 0.659. The van der Waals surface area contributed by atoms with Gasteiger partial charge in [-0.2, -0.15) is 0 Å². The minimum absolute atomic E-state index is 0.0629. The molecule has 1 aliphatic rings. The molecule has 1 fully saturated rings. The molecule has 0 bridgehead atoms. The number of carbonyl (C=O) groups excluding carboxylic acids is 2. The minimum atomic E-state index is 0.0629. The van der Waals surface area contributed by atoms with Crippen LogP contribution in [0.2, 0.25) is 0 Å². The Hall–Kier alpha value is -1.26. The van der Waals surface area contributed by atoms with Gasteiger partial charge in [0, 0.05) is 46.7 Å². The summed E-state index contributed by atoms with van der Waals surface area (Å²) in [5.41, 5.74) is 0. The average molecular weight is 227 g/mol. The standard InChI is InChI=1S/C11H21N3O2/c1-4-12(3)11(16)14-7-5-6-13(8-9-14)10(2)15/h4-9H2,1-3H3. The summed E-state index contributed by atoms with van der Waals surface area (Å²) in [5.74, 6) is 0.0955. The molecule has 92 valence electrons. The van der Waals surface area contributed by atoms with Crippen molar-refractivity contribution in [2.75, 3.05) is 39.8 Å². The van der Waals surface area contributed by atoms with Crippen molar-refractivity contribution in [3.8, 4) is 0 Å². The molecular formula is C11H21N3O2. The predicted octanol–water partition coefficient (Wildman–Crippen LogP) is 0.612. The van der Waals surface area contributed by atoms with Crippen LogP contribution < -0.4 is 0 Å². The smallest absolute Gasteiger partial charge is 0.319 e. The molecule has 0 aromatic heterocycles. The third kappa shape index (κ3) is 3.12. The van der Waals surface area contributed by atoms with E-state index in [2.05, 4.69) is 0 Å². The van der Waals surface area contributed by atoms with Crippen molar-refractivity contribution in [1.29, 1.82) is 0 Å². The molecule has 0 aromatic carbocycles. The number of urea groups is 1. The lowest BCUT2D eigenvalue weighted by Crippen LogP contribution is -2.43. The normalized spacial score (nSPS) is 16.9. The monoisotopic (exact) mass is 227 g/mol. The SMILES string of the molecule is CCN(C)C(=O)N1CCCN(C(C)=O)CC1. The lowest BCUT2D eigenvalue weighted by molar-refractivity contribution is -0.128. The maximum Gasteiger partial charge on any atom is 0.319 e. The first-order valence-electron chi connectivity index (χ1n) is 5.81. The Labute approximate surface area is 97.0 Å². The molecule has 0 aliphatic carbocycles. The predicted molar refractivity (Wildman–Crippen MR) is 62.1 cm³/mol. The van der Waals surface area contributed by atoms with E-state index < -0.39 is 0 Å². The molecule has 5 nitrogen and oxygen atoms in total. The summed E-state index contributed by atoms with van der Waals surface area (Å²) in [6, 6.07) is 0.0629. The van der Waals surface area contributed by atoms with E-state index in [0.29, 0.717) is 19.6 Å². The summed E-state index contributed by atoms with van der Waals surface area (Å²) in [4.78, 5) is 28.5. The van der Waals surface area contributed by atoms with E-state index in [-0.39, 0.29) is 11.9 Å². The van der Waals surface area contributed by atoms with Crippen LogP contribution in [-0.4, -0.2) is 66.4 Å². The van der Waals surface area contributed by atoms with Crippen molar-refractivity contribution in [3.63, 3.8) is 0 Å². The number of carbonyl (C=O) groups is 2. The fourth-order valence-corrected chi connectivity index (χ4v) is 1.80. The molecule has 1 heterocycles. The van der Waals surface area contributed by atoms with Crippen molar-refractivity contribution in [3.05, 3.63) is 0 Å². The summed E-state index contributed by atoms with van der Waals surface area (Å²) < 4.78 is 0. The van der Waals surface area contributed by atoms with E-state index in [4.69, 9.17) is 0 Å². The summed E-state index contributed by atoms with van der Waals surface area (Å²) in [5, 5.41) is 0. The minimum Gasteiger partial charge on any atom is -0.341 e. The highest BCUT2D eigenvalue weighted by atomic mass is 16.2. The van der Waals surface area contributed by atoms with Crippen molar-refractivity contribution >= 4 is 11.9 Å². The zero-order valence-corrected chi connectivity index (χ0v) is 10.4. The van der Waals surface area contributed by atoms with Gasteiger partial charge in [0.1, 0.15) is 0 Å². The Balaban J connectivity index is 2.53. The Morgan fingerprint density at radius 2 is 1.69 bits per heavy atom. The largest absolute Gasteiger partial charge is 0.341 e. The van der Waals surface area contributed by atoms with Crippen LogP contribution in [0, 0.1) is 0 Å². The summed E-state index contributed by atoms with van der Waals surface area (Å²) in [6.07, 6.45) is 0.864. The molecule has 1 rings (SSSR count). The number of hydrogen-bond acceptors (Lipinski definition) is 2. The topological polar surface area (TPSA) is 43.9 Å². The first-order chi connectivity index (χ1) is 7.56. The van der Waals surface area contributed by atoms with Crippen LogP contribution in [0.1, 0.15) is 20.3 Å². The number of rotatable bonds is 1. The van der Waals surface area contributed by atoms with Crippen LogP contribution in [0.25, 0.3) is 0 Å². The molecule has 0 radical (unpaired) electrons. The molecule has 1 aliphatic heterocycles. The molecule has 0 saturated carbocycles. The van der Waals surface area contributed by atoms with E-state index in [1.165, 1.54) is 0 Å². The van der Waals surface area contributed by atoms with Crippen molar-refractivity contribution < 1.29 is 9.59 Å². The number of nitrogens with zero attached hydrogens (tertiary/aromatic N) is 3. The van der Waals surface area contributed by atoms with Gasteiger partial charge in [-0.05, 0) is 13.3 Å². The van der Waals surface area contributed by atoms with Gasteiger partial charge < -0.3 is 14.7 Å². The van der Waals surface area contributed by atoms with Crippen LogP contribution >= 0.6 is 0 Å². The van der Waals surface area contributed by atoms with Gasteiger partial charge >= 0.3 is 6.03 Å². The van der Waals surface area contributed by atoms with Gasteiger partial charge in [0.25, 0.3) is 0 Å². The Kier molecular flexibility index (Phi) is 4.58. The summed E-state index contributed by atoms with van der Waals surface area (Å²) in [6.45, 7) is 7.04. The second-order valence-corrected chi connectivity index (χ2v) is 4.14. The van der Waals surface area contributed by atoms with E-state index >= 15 is 0 Å². The second kappa shape index (κ2) is 5.72. The lowest BCUT2D eigenvalue weighted by Gasteiger charge is -2.26. The molecule has 5 heteroatoms. The lowest BCUT2D eigenvalue weighted by atomic mass is 10.4. The van der Waals surface area contributed by atoms with Gasteiger partial charge in [-0.3, -0.25) is 4.79 Å². The van der Waals surface area contributed by atoms with Crippen LogP contribution in [0.5, 0.6) is 0 Å². The Morgan fingerprint density at radius 1 is 1.12 bits per heavy atom. The van der Waals surface area contributed by atoms with Crippen LogP contribution in [0.3, 0.4) is 0 Å². The molecule has 3 amide bonds. The maximum atomic E-state index is 11.9. The van der Waals surface area contributed by atoms with E-state index in [0.717, 1.165) is 19.5 Å². The zero-order valence-electron chi connectivity index (χ0n) is 10.4. The van der Waals surface area contributed by atoms with Gasteiger partial charge in [0.15, 0.2) is 0 Å². The van der Waals surface area contributed by atoms with Gasteiger partial charge in [0.05, 0.1) is 0 Å². The molecule has 0 spiro atoms. The number of hydrogen-bond donors (Lipinski definition) is 0. The van der Waals surface area contributed by atoms with E-state index in [1.54, 1.807) is 23.8 Å². The molecule has 0 atom stereocenters. The third-order valence-electron chi connectivity index (χ3n) is 3.01. The average Bonchev–Trinajstić information content (AvgIpc) is 2.52. The third-order valence-corrected chi connectivity index (χ3v) is 3.01. The van der Waals surface area contributed by atoms with Crippen LogP contribution in [0.4, 0.5) is 4.79 Å².